The third-order valence-corrected chi connectivity index (χ3v) is 4.08. The van der Waals surface area contributed by atoms with Crippen LogP contribution in [0.4, 0.5) is 5.69 Å². The van der Waals surface area contributed by atoms with Crippen LogP contribution in [0.5, 0.6) is 0 Å². The van der Waals surface area contributed by atoms with Crippen molar-refractivity contribution in [2.24, 2.45) is 12.1 Å². The number of hydrogen-bond acceptors (Lipinski definition) is 3. The SMILES string of the molecule is CCc1cc(=NNc2ccc(C(=O)O)cc2)c2ccccc2n1C. The number of carboxylic acid groups (broad SMARTS) is 1. The number of para-hydroxylation sites is 1. The maximum atomic E-state index is 10.9. The van der Waals surface area contributed by atoms with Gasteiger partial charge in [-0.05, 0) is 42.8 Å². The summed E-state index contributed by atoms with van der Waals surface area (Å²) in [5.74, 6) is -0.937. The fourth-order valence-corrected chi connectivity index (χ4v) is 2.71. The number of carbonyl (C=O) groups is 1. The number of anilines is 1. The zero-order chi connectivity index (χ0) is 17.1. The molecule has 0 aliphatic carbocycles. The van der Waals surface area contributed by atoms with E-state index in [1.807, 2.05) is 18.2 Å². The van der Waals surface area contributed by atoms with Crippen LogP contribution < -0.4 is 10.8 Å². The van der Waals surface area contributed by atoms with Crippen molar-refractivity contribution >= 4 is 22.6 Å². The molecule has 0 saturated heterocycles. The average Bonchev–Trinajstić information content (AvgIpc) is 2.61. The summed E-state index contributed by atoms with van der Waals surface area (Å²) in [6, 6.07) is 16.7. The van der Waals surface area contributed by atoms with Crippen LogP contribution >= 0.6 is 0 Å². The molecule has 3 aromatic rings. The molecule has 0 aliphatic heterocycles. The molecule has 1 aromatic heterocycles. The zero-order valence-corrected chi connectivity index (χ0v) is 13.7. The van der Waals surface area contributed by atoms with Crippen molar-refractivity contribution in [1.82, 2.24) is 4.57 Å². The predicted octanol–water partition coefficient (Wildman–Crippen LogP) is 3.37. The zero-order valence-electron chi connectivity index (χ0n) is 13.7. The van der Waals surface area contributed by atoms with Crippen molar-refractivity contribution in [2.45, 2.75) is 13.3 Å². The van der Waals surface area contributed by atoms with Gasteiger partial charge in [0.15, 0.2) is 0 Å². The van der Waals surface area contributed by atoms with E-state index in [1.54, 1.807) is 24.3 Å². The van der Waals surface area contributed by atoms with Gasteiger partial charge in [-0.1, -0.05) is 25.1 Å². The number of rotatable bonds is 4. The van der Waals surface area contributed by atoms with E-state index in [-0.39, 0.29) is 5.56 Å². The van der Waals surface area contributed by atoms with Crippen LogP contribution in [-0.2, 0) is 13.5 Å². The summed E-state index contributed by atoms with van der Waals surface area (Å²) in [7, 11) is 2.06. The van der Waals surface area contributed by atoms with Gasteiger partial charge in [-0.15, -0.1) is 0 Å². The standard InChI is InChI=1S/C19H19N3O2/c1-3-15-12-17(16-6-4-5-7-18(16)22(15)2)21-20-14-10-8-13(9-11-14)19(23)24/h4-12,20H,3H2,1-2H3,(H,23,24). The molecule has 5 nitrogen and oxygen atoms in total. The van der Waals surface area contributed by atoms with Gasteiger partial charge in [0.2, 0.25) is 0 Å². The molecular formula is C19H19N3O2. The normalized spacial score (nSPS) is 11.7. The summed E-state index contributed by atoms with van der Waals surface area (Å²) in [6.07, 6.45) is 0.914. The van der Waals surface area contributed by atoms with Gasteiger partial charge in [0.25, 0.3) is 0 Å². The Morgan fingerprint density at radius 1 is 1.17 bits per heavy atom. The number of carboxylic acids is 1. The molecule has 2 N–H and O–H groups in total. The highest BCUT2D eigenvalue weighted by Crippen LogP contribution is 2.13. The predicted molar refractivity (Wildman–Crippen MR) is 94.9 cm³/mol. The molecule has 2 aromatic carbocycles. The number of aromatic carboxylic acids is 1. The van der Waals surface area contributed by atoms with Gasteiger partial charge in [-0.3, -0.25) is 5.43 Å². The van der Waals surface area contributed by atoms with Gasteiger partial charge in [-0.25, -0.2) is 4.79 Å². The molecule has 0 bridgehead atoms. The summed E-state index contributed by atoms with van der Waals surface area (Å²) >= 11 is 0. The Labute approximate surface area is 139 Å². The molecule has 0 fully saturated rings. The highest BCUT2D eigenvalue weighted by molar-refractivity contribution is 5.88. The molecule has 1 heterocycles. The Bertz CT molecular complexity index is 957. The number of pyridine rings is 1. The number of benzene rings is 2. The first kappa shape index (κ1) is 15.8. The number of aromatic nitrogens is 1. The highest BCUT2D eigenvalue weighted by Gasteiger charge is 2.04. The van der Waals surface area contributed by atoms with Crippen LogP contribution in [0.3, 0.4) is 0 Å². The molecule has 122 valence electrons. The maximum absolute atomic E-state index is 10.9. The van der Waals surface area contributed by atoms with Crippen molar-refractivity contribution < 1.29 is 9.90 Å². The highest BCUT2D eigenvalue weighted by atomic mass is 16.4. The monoisotopic (exact) mass is 321 g/mol. The second-order valence-electron chi connectivity index (χ2n) is 5.56. The lowest BCUT2D eigenvalue weighted by Crippen LogP contribution is -2.14. The first-order valence-electron chi connectivity index (χ1n) is 7.81. The molecule has 3 rings (SSSR count). The quantitative estimate of drug-likeness (QED) is 0.724. The molecule has 24 heavy (non-hydrogen) atoms. The molecule has 0 radical (unpaired) electrons. The number of aryl methyl sites for hydroxylation is 2. The molecule has 0 saturated carbocycles. The first-order valence-corrected chi connectivity index (χ1v) is 7.81. The molecule has 0 atom stereocenters. The minimum atomic E-state index is -0.937. The van der Waals surface area contributed by atoms with E-state index in [4.69, 9.17) is 5.11 Å². The van der Waals surface area contributed by atoms with E-state index in [2.05, 4.69) is 41.2 Å². The minimum Gasteiger partial charge on any atom is -0.478 e. The topological polar surface area (TPSA) is 66.6 Å². The van der Waals surface area contributed by atoms with Crippen molar-refractivity contribution in [3.8, 4) is 0 Å². The number of fused-ring (bicyclic) bond motifs is 1. The molecule has 0 unspecified atom stereocenters. The average molecular weight is 321 g/mol. The number of nitrogens with zero attached hydrogens (tertiary/aromatic N) is 2. The Morgan fingerprint density at radius 3 is 2.54 bits per heavy atom. The second kappa shape index (κ2) is 6.58. The van der Waals surface area contributed by atoms with Crippen LogP contribution in [0.15, 0.2) is 59.7 Å². The minimum absolute atomic E-state index is 0.256. The third-order valence-electron chi connectivity index (χ3n) is 4.08. The lowest BCUT2D eigenvalue weighted by atomic mass is 10.1. The molecule has 0 amide bonds. The van der Waals surface area contributed by atoms with Crippen molar-refractivity contribution in [3.05, 3.63) is 71.2 Å². The van der Waals surface area contributed by atoms with E-state index >= 15 is 0 Å². The summed E-state index contributed by atoms with van der Waals surface area (Å²) in [5.41, 5.74) is 6.33. The van der Waals surface area contributed by atoms with Gasteiger partial charge in [0.05, 0.1) is 22.1 Å². The fourth-order valence-electron chi connectivity index (χ4n) is 2.71. The van der Waals surface area contributed by atoms with E-state index in [9.17, 15) is 4.79 Å². The summed E-state index contributed by atoms with van der Waals surface area (Å²) in [6.45, 7) is 2.12. The van der Waals surface area contributed by atoms with Gasteiger partial charge >= 0.3 is 5.97 Å². The Hall–Kier alpha value is -3.08. The smallest absolute Gasteiger partial charge is 0.335 e. The second-order valence-corrected chi connectivity index (χ2v) is 5.56. The van der Waals surface area contributed by atoms with Crippen molar-refractivity contribution in [2.75, 3.05) is 5.43 Å². The van der Waals surface area contributed by atoms with E-state index in [1.165, 1.54) is 5.69 Å². The first-order chi connectivity index (χ1) is 11.6. The van der Waals surface area contributed by atoms with Crippen molar-refractivity contribution in [3.63, 3.8) is 0 Å². The Kier molecular flexibility index (Phi) is 4.33. The fraction of sp³-hybridized carbons (Fsp3) is 0.158. The van der Waals surface area contributed by atoms with Crippen LogP contribution in [-0.4, -0.2) is 15.6 Å². The van der Waals surface area contributed by atoms with Crippen LogP contribution in [0.1, 0.15) is 23.0 Å². The maximum Gasteiger partial charge on any atom is 0.335 e. The van der Waals surface area contributed by atoms with Gasteiger partial charge in [-0.2, -0.15) is 5.10 Å². The molecule has 0 spiro atoms. The largest absolute Gasteiger partial charge is 0.478 e. The lowest BCUT2D eigenvalue weighted by Gasteiger charge is -2.12. The van der Waals surface area contributed by atoms with Crippen LogP contribution in [0.2, 0.25) is 0 Å². The van der Waals surface area contributed by atoms with Crippen LogP contribution in [0, 0.1) is 0 Å². The summed E-state index contributed by atoms with van der Waals surface area (Å²) < 4.78 is 2.18. The number of nitrogens with one attached hydrogen (secondary N) is 1. The number of hydrogen-bond donors (Lipinski definition) is 2. The van der Waals surface area contributed by atoms with E-state index in [0.29, 0.717) is 0 Å². The summed E-state index contributed by atoms with van der Waals surface area (Å²) in [4.78, 5) is 10.9. The molecular weight excluding hydrogens is 302 g/mol. The van der Waals surface area contributed by atoms with Gasteiger partial charge in [0.1, 0.15) is 0 Å². The molecule has 0 aliphatic rings. The summed E-state index contributed by atoms with van der Waals surface area (Å²) in [5, 5.41) is 15.4. The van der Waals surface area contributed by atoms with E-state index in [0.717, 1.165) is 28.4 Å². The molecule has 5 heteroatoms. The van der Waals surface area contributed by atoms with Gasteiger partial charge in [0, 0.05) is 18.1 Å². The lowest BCUT2D eigenvalue weighted by molar-refractivity contribution is 0.0697. The van der Waals surface area contributed by atoms with Crippen LogP contribution in [0.25, 0.3) is 10.9 Å². The van der Waals surface area contributed by atoms with Crippen molar-refractivity contribution in [1.29, 1.82) is 0 Å². The Balaban J connectivity index is 2.03. The third kappa shape index (κ3) is 3.01. The van der Waals surface area contributed by atoms with E-state index < -0.39 is 5.97 Å². The van der Waals surface area contributed by atoms with Gasteiger partial charge < -0.3 is 9.67 Å². The Morgan fingerprint density at radius 2 is 1.88 bits per heavy atom.